The van der Waals surface area contributed by atoms with Crippen molar-refractivity contribution in [3.05, 3.63) is 24.3 Å². The van der Waals surface area contributed by atoms with Crippen molar-refractivity contribution in [2.24, 2.45) is 0 Å². The van der Waals surface area contributed by atoms with Gasteiger partial charge in [0.25, 0.3) is 0 Å². The Morgan fingerprint density at radius 3 is 2.50 bits per heavy atom. The van der Waals surface area contributed by atoms with Crippen LogP contribution in [0.25, 0.3) is 11.0 Å². The summed E-state index contributed by atoms with van der Waals surface area (Å²) in [6.07, 6.45) is 0.396. The van der Waals surface area contributed by atoms with Crippen molar-refractivity contribution in [3.8, 4) is 0 Å². The summed E-state index contributed by atoms with van der Waals surface area (Å²) in [6, 6.07) is 7.71. The zero-order valence-electron chi connectivity index (χ0n) is 12.6. The van der Waals surface area contributed by atoms with Crippen LogP contribution in [0, 0.1) is 0 Å². The minimum absolute atomic E-state index is 0.0705. The number of para-hydroxylation sites is 1. The molecule has 0 N–H and O–H groups in total. The van der Waals surface area contributed by atoms with Crippen LogP contribution in [0.1, 0.15) is 13.3 Å². The third kappa shape index (κ3) is 2.93. The molecule has 1 aliphatic heterocycles. The molecule has 0 radical (unpaired) electrons. The van der Waals surface area contributed by atoms with Gasteiger partial charge in [0.05, 0.1) is 12.1 Å². The van der Waals surface area contributed by atoms with Crippen LogP contribution in [0.15, 0.2) is 24.3 Å². The summed E-state index contributed by atoms with van der Waals surface area (Å²) in [5, 5.41) is 8.17. The van der Waals surface area contributed by atoms with Gasteiger partial charge in [0.2, 0.25) is 11.8 Å². The second kappa shape index (κ2) is 6.13. The Morgan fingerprint density at radius 1 is 1.09 bits per heavy atom. The Balaban J connectivity index is 1.56. The third-order valence-corrected chi connectivity index (χ3v) is 4.04. The van der Waals surface area contributed by atoms with E-state index in [1.54, 1.807) is 16.5 Å². The first-order valence-electron chi connectivity index (χ1n) is 7.46. The largest absolute Gasteiger partial charge is 0.339 e. The topological polar surface area (TPSA) is 71.3 Å². The summed E-state index contributed by atoms with van der Waals surface area (Å²) in [7, 11) is 0. The van der Waals surface area contributed by atoms with E-state index in [0.717, 1.165) is 11.0 Å². The van der Waals surface area contributed by atoms with Gasteiger partial charge in [-0.2, -0.15) is 0 Å². The van der Waals surface area contributed by atoms with Gasteiger partial charge in [-0.3, -0.25) is 9.59 Å². The molecule has 1 aromatic carbocycles. The van der Waals surface area contributed by atoms with Crippen LogP contribution < -0.4 is 0 Å². The molecule has 3 rings (SSSR count). The molecule has 7 heteroatoms. The lowest BCUT2D eigenvalue weighted by molar-refractivity contribution is -0.138. The molecule has 1 aliphatic rings. The third-order valence-electron chi connectivity index (χ3n) is 4.04. The monoisotopic (exact) mass is 301 g/mol. The highest BCUT2D eigenvalue weighted by Crippen LogP contribution is 2.11. The number of aryl methyl sites for hydroxylation is 1. The number of nitrogens with zero attached hydrogens (tertiary/aromatic N) is 5. The number of carbonyl (C=O) groups excluding carboxylic acids is 2. The number of piperazine rings is 1. The van der Waals surface area contributed by atoms with Crippen LogP contribution >= 0.6 is 0 Å². The average Bonchev–Trinajstić information content (AvgIpc) is 2.96. The van der Waals surface area contributed by atoms with Crippen molar-refractivity contribution in [1.82, 2.24) is 24.8 Å². The fourth-order valence-corrected chi connectivity index (χ4v) is 2.71. The summed E-state index contributed by atoms with van der Waals surface area (Å²) >= 11 is 0. The van der Waals surface area contributed by atoms with Crippen LogP contribution in [0.4, 0.5) is 0 Å². The first kappa shape index (κ1) is 14.5. The zero-order chi connectivity index (χ0) is 15.5. The lowest BCUT2D eigenvalue weighted by atomic mass is 10.2. The van der Waals surface area contributed by atoms with E-state index in [2.05, 4.69) is 10.3 Å². The van der Waals surface area contributed by atoms with E-state index in [4.69, 9.17) is 0 Å². The average molecular weight is 301 g/mol. The van der Waals surface area contributed by atoms with Crippen molar-refractivity contribution in [2.75, 3.05) is 26.2 Å². The molecule has 1 fully saturated rings. The van der Waals surface area contributed by atoms with Gasteiger partial charge in [-0.15, -0.1) is 5.10 Å². The van der Waals surface area contributed by atoms with Crippen molar-refractivity contribution in [1.29, 1.82) is 0 Å². The molecular formula is C15H19N5O2. The second-order valence-electron chi connectivity index (χ2n) is 5.44. The van der Waals surface area contributed by atoms with E-state index >= 15 is 0 Å². The molecule has 0 bridgehead atoms. The van der Waals surface area contributed by atoms with Gasteiger partial charge >= 0.3 is 0 Å². The van der Waals surface area contributed by atoms with Crippen LogP contribution in [0.3, 0.4) is 0 Å². The number of aromatic nitrogens is 3. The number of rotatable bonds is 3. The molecular weight excluding hydrogens is 282 g/mol. The molecule has 1 saturated heterocycles. The SMILES string of the molecule is CC(=O)N1CCN(C(=O)CCn2nnc3ccccc32)CC1. The van der Waals surface area contributed by atoms with Crippen LogP contribution in [-0.4, -0.2) is 62.8 Å². The number of hydrogen-bond acceptors (Lipinski definition) is 4. The Labute approximate surface area is 128 Å². The summed E-state index contributed by atoms with van der Waals surface area (Å²) in [5.74, 6) is 0.170. The fourth-order valence-electron chi connectivity index (χ4n) is 2.71. The second-order valence-corrected chi connectivity index (χ2v) is 5.44. The predicted molar refractivity (Wildman–Crippen MR) is 81.0 cm³/mol. The number of carbonyl (C=O) groups is 2. The Bertz CT molecular complexity index is 688. The van der Waals surface area contributed by atoms with Gasteiger partial charge < -0.3 is 9.80 Å². The smallest absolute Gasteiger partial charge is 0.224 e. The van der Waals surface area contributed by atoms with Crippen LogP contribution in [0.5, 0.6) is 0 Å². The van der Waals surface area contributed by atoms with Gasteiger partial charge in [0.15, 0.2) is 0 Å². The Hall–Kier alpha value is -2.44. The standard InChI is InChI=1S/C15H19N5O2/c1-12(21)18-8-10-19(11-9-18)15(22)6-7-20-14-5-3-2-4-13(14)16-17-20/h2-5H,6-11H2,1H3. The van der Waals surface area contributed by atoms with Crippen LogP contribution in [0.2, 0.25) is 0 Å². The Kier molecular flexibility index (Phi) is 4.04. The van der Waals surface area contributed by atoms with E-state index in [1.165, 1.54) is 0 Å². The molecule has 2 amide bonds. The lowest BCUT2D eigenvalue weighted by Gasteiger charge is -2.34. The maximum Gasteiger partial charge on any atom is 0.224 e. The van der Waals surface area contributed by atoms with Crippen LogP contribution in [-0.2, 0) is 16.1 Å². The van der Waals surface area contributed by atoms with Crippen molar-refractivity contribution < 1.29 is 9.59 Å². The minimum Gasteiger partial charge on any atom is -0.339 e. The van der Waals surface area contributed by atoms with E-state index < -0.39 is 0 Å². The first-order chi connectivity index (χ1) is 10.6. The van der Waals surface area contributed by atoms with Crippen molar-refractivity contribution in [2.45, 2.75) is 19.9 Å². The molecule has 116 valence electrons. The molecule has 22 heavy (non-hydrogen) atoms. The number of hydrogen-bond donors (Lipinski definition) is 0. The summed E-state index contributed by atoms with van der Waals surface area (Å²) < 4.78 is 1.76. The molecule has 2 heterocycles. The molecule has 7 nitrogen and oxygen atoms in total. The van der Waals surface area contributed by atoms with E-state index in [0.29, 0.717) is 39.1 Å². The summed E-state index contributed by atoms with van der Waals surface area (Å²) in [5.41, 5.74) is 1.78. The van der Waals surface area contributed by atoms with Gasteiger partial charge in [0, 0.05) is 39.5 Å². The highest BCUT2D eigenvalue weighted by Gasteiger charge is 2.22. The lowest BCUT2D eigenvalue weighted by Crippen LogP contribution is -2.50. The fraction of sp³-hybridized carbons (Fsp3) is 0.467. The molecule has 0 aliphatic carbocycles. The number of amides is 2. The van der Waals surface area contributed by atoms with E-state index in [9.17, 15) is 9.59 Å². The van der Waals surface area contributed by atoms with Crippen molar-refractivity contribution >= 4 is 22.8 Å². The molecule has 0 atom stereocenters. The highest BCUT2D eigenvalue weighted by molar-refractivity contribution is 5.78. The predicted octanol–water partition coefficient (Wildman–Crippen LogP) is 0.512. The maximum atomic E-state index is 12.3. The molecule has 0 saturated carbocycles. The van der Waals surface area contributed by atoms with Gasteiger partial charge in [-0.25, -0.2) is 4.68 Å². The molecule has 0 unspecified atom stereocenters. The van der Waals surface area contributed by atoms with Gasteiger partial charge in [0.1, 0.15) is 5.52 Å². The number of benzene rings is 1. The molecule has 2 aromatic rings. The minimum atomic E-state index is 0.0705. The van der Waals surface area contributed by atoms with E-state index in [-0.39, 0.29) is 11.8 Å². The normalized spacial score (nSPS) is 15.3. The quantitative estimate of drug-likeness (QED) is 0.828. The Morgan fingerprint density at radius 2 is 1.77 bits per heavy atom. The molecule has 0 spiro atoms. The van der Waals surface area contributed by atoms with Gasteiger partial charge in [-0.1, -0.05) is 17.3 Å². The zero-order valence-corrected chi connectivity index (χ0v) is 12.6. The molecule has 1 aromatic heterocycles. The summed E-state index contributed by atoms with van der Waals surface area (Å²) in [6.45, 7) is 4.53. The summed E-state index contributed by atoms with van der Waals surface area (Å²) in [4.78, 5) is 27.1. The first-order valence-corrected chi connectivity index (χ1v) is 7.46. The maximum absolute atomic E-state index is 12.3. The van der Waals surface area contributed by atoms with Gasteiger partial charge in [-0.05, 0) is 12.1 Å². The van der Waals surface area contributed by atoms with E-state index in [1.807, 2.05) is 29.2 Å². The number of fused-ring (bicyclic) bond motifs is 1. The van der Waals surface area contributed by atoms with Crippen molar-refractivity contribution in [3.63, 3.8) is 0 Å². The highest BCUT2D eigenvalue weighted by atomic mass is 16.2.